The molecule has 2 atom stereocenters. The summed E-state index contributed by atoms with van der Waals surface area (Å²) in [4.78, 5) is 12.9. The van der Waals surface area contributed by atoms with Gasteiger partial charge in [-0.15, -0.1) is 0 Å². The van der Waals surface area contributed by atoms with Crippen LogP contribution in [0.25, 0.3) is 0 Å². The summed E-state index contributed by atoms with van der Waals surface area (Å²) in [6.07, 6.45) is 2.43. The maximum atomic E-state index is 13.7. The molecule has 0 amide bonds. The van der Waals surface area contributed by atoms with Gasteiger partial charge in [0.15, 0.2) is 8.32 Å². The van der Waals surface area contributed by atoms with E-state index in [9.17, 15) is 13.2 Å². The minimum absolute atomic E-state index is 0.0907. The zero-order valence-corrected chi connectivity index (χ0v) is 25.8. The van der Waals surface area contributed by atoms with Gasteiger partial charge in [0.25, 0.3) is 0 Å². The van der Waals surface area contributed by atoms with Crippen molar-refractivity contribution in [3.05, 3.63) is 23.8 Å². The quantitative estimate of drug-likeness (QED) is 0.203. The Morgan fingerprint density at radius 2 is 1.81 bits per heavy atom. The molecule has 206 valence electrons. The molecule has 0 aromatic heterocycles. The number of nitrogens with zero attached hydrogens (tertiary/aromatic N) is 1. The molecule has 0 N–H and O–H groups in total. The number of ether oxygens (including phenoxy) is 2. The number of rotatable bonds is 10. The van der Waals surface area contributed by atoms with Crippen molar-refractivity contribution >= 4 is 24.3 Å². The van der Waals surface area contributed by atoms with Crippen LogP contribution in [0.15, 0.2) is 23.1 Å². The van der Waals surface area contributed by atoms with Gasteiger partial charge >= 0.3 is 5.97 Å². The lowest BCUT2D eigenvalue weighted by Gasteiger charge is -2.36. The van der Waals surface area contributed by atoms with Crippen molar-refractivity contribution in [1.82, 2.24) is 4.31 Å². The minimum atomic E-state index is -3.95. The lowest BCUT2D eigenvalue weighted by Crippen LogP contribution is -2.43. The summed E-state index contributed by atoms with van der Waals surface area (Å²) in [5.74, 6) is -0.184. The monoisotopic (exact) mass is 541 g/mol. The summed E-state index contributed by atoms with van der Waals surface area (Å²) < 4.78 is 46.7. The SMILES string of the molecule is Cc1ccc(S(=O)(=O)N2CCC[C@H]2C(=O)OC(C)(C)C)c(OC(C)CCCO[Si](C)(C)C(C)(C)C)c1. The van der Waals surface area contributed by atoms with E-state index in [4.69, 9.17) is 13.9 Å². The Morgan fingerprint density at radius 1 is 1.17 bits per heavy atom. The van der Waals surface area contributed by atoms with Gasteiger partial charge in [-0.2, -0.15) is 4.31 Å². The Bertz CT molecular complexity index is 1010. The minimum Gasteiger partial charge on any atom is -0.489 e. The van der Waals surface area contributed by atoms with Crippen LogP contribution >= 0.6 is 0 Å². The first-order valence-corrected chi connectivity index (χ1v) is 17.4. The van der Waals surface area contributed by atoms with Crippen LogP contribution in [0.2, 0.25) is 18.1 Å². The first-order chi connectivity index (χ1) is 16.3. The second-order valence-corrected chi connectivity index (χ2v) is 19.1. The lowest BCUT2D eigenvalue weighted by molar-refractivity contribution is -0.158. The molecule has 1 heterocycles. The highest BCUT2D eigenvalue weighted by molar-refractivity contribution is 7.89. The molecule has 0 saturated carbocycles. The van der Waals surface area contributed by atoms with Gasteiger partial charge in [0.1, 0.15) is 22.3 Å². The molecule has 1 aromatic rings. The second kappa shape index (κ2) is 11.5. The van der Waals surface area contributed by atoms with Gasteiger partial charge in [-0.3, -0.25) is 4.79 Å². The van der Waals surface area contributed by atoms with E-state index in [2.05, 4.69) is 33.9 Å². The molecule has 1 fully saturated rings. The number of benzene rings is 1. The van der Waals surface area contributed by atoms with Gasteiger partial charge in [-0.25, -0.2) is 8.42 Å². The Morgan fingerprint density at radius 3 is 2.39 bits per heavy atom. The van der Waals surface area contributed by atoms with Gasteiger partial charge in [-0.1, -0.05) is 26.8 Å². The van der Waals surface area contributed by atoms with E-state index in [0.29, 0.717) is 25.2 Å². The van der Waals surface area contributed by atoms with Crippen molar-refractivity contribution in [2.24, 2.45) is 0 Å². The largest absolute Gasteiger partial charge is 0.489 e. The first-order valence-electron chi connectivity index (χ1n) is 13.0. The van der Waals surface area contributed by atoms with Crippen molar-refractivity contribution in [3.8, 4) is 5.75 Å². The van der Waals surface area contributed by atoms with E-state index in [1.165, 1.54) is 4.31 Å². The molecule has 1 aliphatic heterocycles. The Kier molecular flexibility index (Phi) is 9.87. The number of aryl methyl sites for hydroxylation is 1. The highest BCUT2D eigenvalue weighted by atomic mass is 32.2. The van der Waals surface area contributed by atoms with Crippen molar-refractivity contribution < 1.29 is 27.1 Å². The van der Waals surface area contributed by atoms with Gasteiger partial charge in [0.05, 0.1) is 6.10 Å². The molecule has 1 aliphatic rings. The van der Waals surface area contributed by atoms with E-state index >= 15 is 0 Å². The topological polar surface area (TPSA) is 82.1 Å². The van der Waals surface area contributed by atoms with Crippen molar-refractivity contribution in [2.45, 2.75) is 122 Å². The normalized spacial score (nSPS) is 18.8. The number of sulfonamides is 1. The molecule has 36 heavy (non-hydrogen) atoms. The van der Waals surface area contributed by atoms with Crippen LogP contribution in [0.5, 0.6) is 5.75 Å². The summed E-state index contributed by atoms with van der Waals surface area (Å²) in [5, 5.41) is 0.159. The summed E-state index contributed by atoms with van der Waals surface area (Å²) in [5.41, 5.74) is 0.222. The fourth-order valence-electron chi connectivity index (χ4n) is 3.87. The molecule has 2 rings (SSSR count). The number of carbonyl (C=O) groups is 1. The van der Waals surface area contributed by atoms with Crippen LogP contribution in [0.4, 0.5) is 0 Å². The second-order valence-electron chi connectivity index (χ2n) is 12.4. The predicted molar refractivity (Wildman–Crippen MR) is 146 cm³/mol. The highest BCUT2D eigenvalue weighted by Crippen LogP contribution is 2.37. The van der Waals surface area contributed by atoms with Crippen LogP contribution in [0.1, 0.15) is 79.7 Å². The third-order valence-electron chi connectivity index (χ3n) is 6.92. The maximum Gasteiger partial charge on any atom is 0.324 e. The van der Waals surface area contributed by atoms with E-state index in [1.807, 2.05) is 13.8 Å². The standard InChI is InChI=1S/C27H47NO6SSi/c1-20-15-16-24(35(30,31)28-17-11-14-22(28)25(29)34-26(3,4)5)23(19-20)33-21(2)13-12-18-32-36(9,10)27(6,7)8/h15-16,19,21-22H,11-14,17-18H2,1-10H3/t21?,22-/m0/s1. The molecule has 1 saturated heterocycles. The Hall–Kier alpha value is -1.42. The van der Waals surface area contributed by atoms with E-state index < -0.39 is 36.0 Å². The van der Waals surface area contributed by atoms with Crippen molar-refractivity contribution in [1.29, 1.82) is 0 Å². The van der Waals surface area contributed by atoms with Crippen molar-refractivity contribution in [2.75, 3.05) is 13.2 Å². The Labute approximate surface area is 220 Å². The summed E-state index contributed by atoms with van der Waals surface area (Å²) >= 11 is 0. The van der Waals surface area contributed by atoms with Crippen LogP contribution < -0.4 is 4.74 Å². The molecule has 0 aliphatic carbocycles. The third-order valence-corrected chi connectivity index (χ3v) is 13.4. The summed E-state index contributed by atoms with van der Waals surface area (Å²) in [6, 6.07) is 4.27. The molecule has 9 heteroatoms. The van der Waals surface area contributed by atoms with Gasteiger partial charge in [0.2, 0.25) is 10.0 Å². The average Bonchev–Trinajstić information content (AvgIpc) is 3.20. The number of hydrogen-bond donors (Lipinski definition) is 0. The van der Waals surface area contributed by atoms with Crippen LogP contribution in [-0.4, -0.2) is 57.9 Å². The molecular formula is C27H47NO6SSi. The van der Waals surface area contributed by atoms with E-state index in [1.54, 1.807) is 39.0 Å². The molecule has 0 radical (unpaired) electrons. The van der Waals surface area contributed by atoms with Gasteiger partial charge in [0, 0.05) is 13.2 Å². The highest BCUT2D eigenvalue weighted by Gasteiger charge is 2.42. The number of hydrogen-bond acceptors (Lipinski definition) is 6. The fraction of sp³-hybridized carbons (Fsp3) is 0.741. The van der Waals surface area contributed by atoms with Crippen LogP contribution in [0.3, 0.4) is 0 Å². The average molecular weight is 542 g/mol. The zero-order valence-electron chi connectivity index (χ0n) is 23.9. The lowest BCUT2D eigenvalue weighted by atomic mass is 10.2. The fourth-order valence-corrected chi connectivity index (χ4v) is 6.71. The molecular weight excluding hydrogens is 494 g/mol. The molecule has 1 aromatic carbocycles. The first kappa shape index (κ1) is 30.8. The zero-order chi connectivity index (χ0) is 27.5. The van der Waals surface area contributed by atoms with Gasteiger partial charge in [-0.05, 0) is 96.1 Å². The molecule has 1 unspecified atom stereocenters. The summed E-state index contributed by atoms with van der Waals surface area (Å²) in [6.45, 7) is 21.3. The number of carbonyl (C=O) groups excluding carboxylic acids is 1. The summed E-state index contributed by atoms with van der Waals surface area (Å²) in [7, 11) is -5.76. The maximum absolute atomic E-state index is 13.7. The number of esters is 1. The molecule has 7 nitrogen and oxygen atoms in total. The van der Waals surface area contributed by atoms with Gasteiger partial charge < -0.3 is 13.9 Å². The third kappa shape index (κ3) is 8.04. The molecule has 0 bridgehead atoms. The smallest absolute Gasteiger partial charge is 0.324 e. The van der Waals surface area contributed by atoms with Crippen LogP contribution in [-0.2, 0) is 24.0 Å². The Balaban J connectivity index is 2.14. The van der Waals surface area contributed by atoms with Crippen LogP contribution in [0, 0.1) is 6.92 Å². The molecule has 0 spiro atoms. The predicted octanol–water partition coefficient (Wildman–Crippen LogP) is 6.06. The van der Waals surface area contributed by atoms with E-state index in [0.717, 1.165) is 18.4 Å². The van der Waals surface area contributed by atoms with E-state index in [-0.39, 0.29) is 22.6 Å². The van der Waals surface area contributed by atoms with Crippen molar-refractivity contribution in [3.63, 3.8) is 0 Å².